The molecule has 8 unspecified atom stereocenters. The highest BCUT2D eigenvalue weighted by Crippen LogP contribution is 2.73. The monoisotopic (exact) mass is 658 g/mol. The van der Waals surface area contributed by atoms with Crippen LogP contribution in [0.4, 0.5) is 4.79 Å². The summed E-state index contributed by atoms with van der Waals surface area (Å²) >= 11 is 0. The van der Waals surface area contributed by atoms with Crippen LogP contribution in [0.3, 0.4) is 0 Å². The van der Waals surface area contributed by atoms with Gasteiger partial charge >= 0.3 is 18.0 Å². The highest BCUT2D eigenvalue weighted by Gasteiger charge is 2.68. The van der Waals surface area contributed by atoms with E-state index in [2.05, 4.69) is 64.8 Å². The molecule has 0 bridgehead atoms. The van der Waals surface area contributed by atoms with Crippen LogP contribution >= 0.6 is 0 Å². The van der Waals surface area contributed by atoms with Crippen molar-refractivity contribution < 1.29 is 24.6 Å². The Bertz CT molecular complexity index is 1510. The molecule has 5 saturated carbocycles. The summed E-state index contributed by atoms with van der Waals surface area (Å²) in [6, 6.07) is 7.04. The summed E-state index contributed by atoms with van der Waals surface area (Å²) in [4.78, 5) is 36.8. The van der Waals surface area contributed by atoms with Crippen molar-refractivity contribution in [2.75, 3.05) is 0 Å². The van der Waals surface area contributed by atoms with Gasteiger partial charge in [0.1, 0.15) is 5.54 Å². The van der Waals surface area contributed by atoms with Gasteiger partial charge in [-0.25, -0.2) is 14.4 Å². The number of aromatic carboxylic acids is 1. The second kappa shape index (κ2) is 12.1. The van der Waals surface area contributed by atoms with Gasteiger partial charge in [0.2, 0.25) is 0 Å². The number of rotatable bonds is 9. The molecule has 4 N–H and O–H groups in total. The number of amides is 2. The smallest absolute Gasteiger partial charge is 0.335 e. The van der Waals surface area contributed by atoms with Crippen LogP contribution in [-0.4, -0.2) is 39.3 Å². The molecule has 0 radical (unpaired) electrons. The Hall–Kier alpha value is -3.09. The highest BCUT2D eigenvalue weighted by molar-refractivity contribution is 5.89. The summed E-state index contributed by atoms with van der Waals surface area (Å²) in [5.74, 6) is 0.185. The minimum Gasteiger partial charge on any atom is -0.480 e. The molecule has 262 valence electrons. The predicted molar refractivity (Wildman–Crippen MR) is 189 cm³/mol. The number of nitrogens with one attached hydrogen (secondary N) is 2. The zero-order valence-corrected chi connectivity index (χ0v) is 30.1. The van der Waals surface area contributed by atoms with Gasteiger partial charge in [-0.1, -0.05) is 71.4 Å². The molecule has 5 aliphatic carbocycles. The van der Waals surface area contributed by atoms with E-state index >= 15 is 0 Å². The molecular weight excluding hydrogens is 600 g/mol. The van der Waals surface area contributed by atoms with Crippen LogP contribution in [0, 0.1) is 45.8 Å². The van der Waals surface area contributed by atoms with E-state index in [1.807, 2.05) is 12.1 Å². The van der Waals surface area contributed by atoms with Gasteiger partial charge in [0.25, 0.3) is 0 Å². The van der Waals surface area contributed by atoms with Crippen LogP contribution in [-0.2, 0) is 4.79 Å². The first-order valence-corrected chi connectivity index (χ1v) is 18.5. The summed E-state index contributed by atoms with van der Waals surface area (Å²) in [6.45, 7) is 18.8. The predicted octanol–water partition coefficient (Wildman–Crippen LogP) is 9.09. The average Bonchev–Trinajstić information content (AvgIpc) is 3.70. The number of carbonyl (C=O) groups excluding carboxylic acids is 1. The Balaban J connectivity index is 1.28. The minimum atomic E-state index is -1.10. The molecule has 7 nitrogen and oxygen atoms in total. The largest absolute Gasteiger partial charge is 0.480 e. The maximum absolute atomic E-state index is 13.5. The maximum Gasteiger partial charge on any atom is 0.335 e. The number of aliphatic carboxylic acids is 1. The number of carboxylic acids is 2. The lowest BCUT2D eigenvalue weighted by molar-refractivity contribution is -0.196. The third-order valence-corrected chi connectivity index (χ3v) is 14.8. The lowest BCUT2D eigenvalue weighted by Crippen LogP contribution is -2.68. The van der Waals surface area contributed by atoms with Gasteiger partial charge in [-0.3, -0.25) is 0 Å². The first-order chi connectivity index (χ1) is 22.5. The molecule has 1 aromatic rings. The fourth-order valence-corrected chi connectivity index (χ4v) is 11.9. The summed E-state index contributed by atoms with van der Waals surface area (Å²) in [7, 11) is 0. The van der Waals surface area contributed by atoms with Gasteiger partial charge in [0.05, 0.1) is 5.56 Å². The van der Waals surface area contributed by atoms with E-state index in [4.69, 9.17) is 0 Å². The quantitative estimate of drug-likeness (QED) is 0.198. The molecule has 48 heavy (non-hydrogen) atoms. The second-order valence-corrected chi connectivity index (χ2v) is 17.6. The van der Waals surface area contributed by atoms with E-state index in [9.17, 15) is 24.6 Å². The van der Waals surface area contributed by atoms with Crippen LogP contribution in [0.2, 0.25) is 0 Å². The lowest BCUT2D eigenvalue weighted by atomic mass is 9.36. The van der Waals surface area contributed by atoms with Gasteiger partial charge in [0, 0.05) is 5.54 Å². The Kier molecular flexibility index (Phi) is 8.73. The third-order valence-electron chi connectivity index (χ3n) is 14.8. The second-order valence-electron chi connectivity index (χ2n) is 17.6. The number of carbonyl (C=O) groups is 3. The normalized spacial score (nSPS) is 38.3. The van der Waals surface area contributed by atoms with Crippen LogP contribution in [0.1, 0.15) is 135 Å². The molecule has 0 spiro atoms. The van der Waals surface area contributed by atoms with Gasteiger partial charge in [0.15, 0.2) is 0 Å². The van der Waals surface area contributed by atoms with Crippen molar-refractivity contribution in [1.29, 1.82) is 0 Å². The number of hydrogen-bond acceptors (Lipinski definition) is 3. The molecule has 0 aromatic heterocycles. The van der Waals surface area contributed by atoms with Crippen LogP contribution in [0.15, 0.2) is 42.5 Å². The molecule has 2 amide bonds. The summed E-state index contributed by atoms with van der Waals surface area (Å²) < 4.78 is 0. The van der Waals surface area contributed by atoms with E-state index in [0.717, 1.165) is 44.1 Å². The third kappa shape index (κ3) is 5.51. The molecule has 0 heterocycles. The standard InChI is InChI=1S/C41H58N2O5/c1-25(2)29(27-9-11-28(12-10-27)34(44)45)15-19-37(5)17-8-18-39(7)32(37)14-13-31-33-30(26(3)4)16-20-40(33,22-21-38(31,39)6)42-36(48)43-41(23-24-41)35(46)47/h9-12,15,25,30-33H,3,8,13-14,16-24H2,1-2,4-7H3,(H,44,45)(H,46,47)(H2,42,43,48). The topological polar surface area (TPSA) is 116 Å². The minimum absolute atomic E-state index is 0.123. The summed E-state index contributed by atoms with van der Waals surface area (Å²) in [6.07, 6.45) is 14.3. The number of benzene rings is 1. The Morgan fingerprint density at radius 1 is 0.875 bits per heavy atom. The van der Waals surface area contributed by atoms with E-state index in [-0.39, 0.29) is 27.8 Å². The number of carboxylic acid groups (broad SMARTS) is 2. The fourth-order valence-electron chi connectivity index (χ4n) is 11.9. The van der Waals surface area contributed by atoms with Gasteiger partial charge in [-0.15, -0.1) is 0 Å². The first-order valence-electron chi connectivity index (χ1n) is 18.5. The molecular formula is C41H58N2O5. The number of hydrogen-bond donors (Lipinski definition) is 4. The summed E-state index contributed by atoms with van der Waals surface area (Å²) in [5.41, 5.74) is 2.93. The van der Waals surface area contributed by atoms with Crippen molar-refractivity contribution in [3.63, 3.8) is 0 Å². The molecule has 5 aliphatic rings. The van der Waals surface area contributed by atoms with Crippen molar-refractivity contribution in [2.45, 2.75) is 130 Å². The Morgan fingerprint density at radius 2 is 1.54 bits per heavy atom. The molecule has 7 heteroatoms. The van der Waals surface area contributed by atoms with Crippen LogP contribution < -0.4 is 10.6 Å². The molecule has 8 atom stereocenters. The van der Waals surface area contributed by atoms with Crippen LogP contribution in [0.25, 0.3) is 5.57 Å². The summed E-state index contributed by atoms with van der Waals surface area (Å²) in [5, 5.41) is 25.5. The average molecular weight is 659 g/mol. The van der Waals surface area contributed by atoms with Gasteiger partial charge < -0.3 is 20.8 Å². The maximum atomic E-state index is 13.5. The SMILES string of the molecule is C=C(C)C1CCC2(NC(=O)NC3(C(=O)O)CC3)CCC3(C)C(CCC4C(C)(CC=C(c5ccc(C(=O)O)cc5)C(C)C)CCCC43C)C12. The van der Waals surface area contributed by atoms with Gasteiger partial charge in [-0.2, -0.15) is 0 Å². The van der Waals surface area contributed by atoms with E-state index < -0.39 is 17.5 Å². The van der Waals surface area contributed by atoms with Crippen molar-refractivity contribution in [1.82, 2.24) is 10.6 Å². The van der Waals surface area contributed by atoms with Crippen molar-refractivity contribution >= 4 is 23.5 Å². The molecule has 6 rings (SSSR count). The molecule has 0 saturated heterocycles. The van der Waals surface area contributed by atoms with Crippen LogP contribution in [0.5, 0.6) is 0 Å². The first kappa shape index (κ1) is 34.8. The zero-order valence-electron chi connectivity index (χ0n) is 30.1. The fraction of sp³-hybridized carbons (Fsp3) is 0.683. The van der Waals surface area contributed by atoms with Crippen molar-refractivity contribution in [2.24, 2.45) is 45.8 Å². The zero-order chi connectivity index (χ0) is 34.9. The lowest BCUT2D eigenvalue weighted by Gasteiger charge is -2.69. The van der Waals surface area contributed by atoms with E-state index in [0.29, 0.717) is 48.0 Å². The molecule has 0 aliphatic heterocycles. The van der Waals surface area contributed by atoms with Gasteiger partial charge in [-0.05, 0) is 147 Å². The Labute approximate surface area is 287 Å². The van der Waals surface area contributed by atoms with E-state index in [1.54, 1.807) is 12.1 Å². The molecule has 1 aromatic carbocycles. The Morgan fingerprint density at radius 3 is 2.12 bits per heavy atom. The van der Waals surface area contributed by atoms with E-state index in [1.165, 1.54) is 36.8 Å². The molecule has 5 fully saturated rings. The van der Waals surface area contributed by atoms with Crippen molar-refractivity contribution in [3.8, 4) is 0 Å². The number of fused-ring (bicyclic) bond motifs is 5. The number of urea groups is 1. The van der Waals surface area contributed by atoms with Crippen molar-refractivity contribution in [3.05, 3.63) is 53.6 Å². The number of allylic oxidation sites excluding steroid dienone is 3. The highest BCUT2D eigenvalue weighted by atomic mass is 16.4.